The molecule has 1 fully saturated rings. The lowest BCUT2D eigenvalue weighted by molar-refractivity contribution is 0.0528. The van der Waals surface area contributed by atoms with Crippen LogP contribution in [0, 0.1) is 31.0 Å². The minimum atomic E-state index is -2.72. The fraction of sp³-hybridized carbons (Fsp3) is 0.333. The number of anilines is 2. The van der Waals surface area contributed by atoms with Crippen LogP contribution in [0.3, 0.4) is 0 Å². The molecule has 8 nitrogen and oxygen atoms in total. The SMILES string of the molecule is Cc1c(C#N)cnc(O[C@H]2CN3c4cc(-c5cccc(F)c5O)nnc4NC[C@@]3(C(F)F)C2)c1C. The highest BCUT2D eigenvalue weighted by Gasteiger charge is 2.56. The van der Waals surface area contributed by atoms with Gasteiger partial charge in [0.2, 0.25) is 5.88 Å². The molecule has 11 heteroatoms. The maximum absolute atomic E-state index is 14.5. The topological polar surface area (TPSA) is 107 Å². The summed E-state index contributed by atoms with van der Waals surface area (Å²) >= 11 is 0. The van der Waals surface area contributed by atoms with Crippen LogP contribution >= 0.6 is 0 Å². The van der Waals surface area contributed by atoms with Crippen LogP contribution in [-0.2, 0) is 0 Å². The molecule has 0 spiro atoms. The van der Waals surface area contributed by atoms with Crippen LogP contribution in [0.25, 0.3) is 11.3 Å². The minimum absolute atomic E-state index is 0.0140. The first-order valence-corrected chi connectivity index (χ1v) is 10.9. The quantitative estimate of drug-likeness (QED) is 0.576. The second-order valence-electron chi connectivity index (χ2n) is 8.75. The van der Waals surface area contributed by atoms with E-state index in [2.05, 4.69) is 26.6 Å². The van der Waals surface area contributed by atoms with Crippen LogP contribution in [0.2, 0.25) is 0 Å². The summed E-state index contributed by atoms with van der Waals surface area (Å²) < 4.78 is 49.0. The van der Waals surface area contributed by atoms with Gasteiger partial charge in [-0.05, 0) is 37.6 Å². The molecule has 5 rings (SSSR count). The average molecular weight is 482 g/mol. The summed E-state index contributed by atoms with van der Waals surface area (Å²) in [7, 11) is 0. The van der Waals surface area contributed by atoms with Gasteiger partial charge in [0.25, 0.3) is 6.43 Å². The highest BCUT2D eigenvalue weighted by atomic mass is 19.3. The number of para-hydroxylation sites is 1. The number of ether oxygens (including phenoxy) is 1. The molecule has 0 radical (unpaired) electrons. The highest BCUT2D eigenvalue weighted by molar-refractivity contribution is 5.77. The summed E-state index contributed by atoms with van der Waals surface area (Å²) in [4.78, 5) is 5.77. The van der Waals surface area contributed by atoms with Crippen molar-refractivity contribution < 1.29 is 23.0 Å². The van der Waals surface area contributed by atoms with Gasteiger partial charge in [0.1, 0.15) is 17.7 Å². The van der Waals surface area contributed by atoms with E-state index in [0.29, 0.717) is 28.5 Å². The van der Waals surface area contributed by atoms with Gasteiger partial charge in [0, 0.05) is 30.3 Å². The summed E-state index contributed by atoms with van der Waals surface area (Å²) in [6, 6.07) is 7.58. The number of aromatic nitrogens is 3. The van der Waals surface area contributed by atoms with Crippen molar-refractivity contribution in [2.75, 3.05) is 23.3 Å². The molecule has 1 aromatic carbocycles. The first kappa shape index (κ1) is 22.7. The highest BCUT2D eigenvalue weighted by Crippen LogP contribution is 2.46. The van der Waals surface area contributed by atoms with Crippen LogP contribution in [0.15, 0.2) is 30.5 Å². The molecule has 3 aromatic rings. The number of rotatable bonds is 4. The molecular weight excluding hydrogens is 461 g/mol. The number of nitrogens with one attached hydrogen (secondary N) is 1. The first-order chi connectivity index (χ1) is 16.7. The summed E-state index contributed by atoms with van der Waals surface area (Å²) in [6.07, 6.45) is -1.91. The van der Waals surface area contributed by atoms with Gasteiger partial charge in [-0.25, -0.2) is 18.2 Å². The Morgan fingerprint density at radius 3 is 2.83 bits per heavy atom. The third kappa shape index (κ3) is 3.56. The number of nitrogens with zero attached hydrogens (tertiary/aromatic N) is 5. The maximum Gasteiger partial charge on any atom is 0.263 e. The second-order valence-corrected chi connectivity index (χ2v) is 8.75. The van der Waals surface area contributed by atoms with Gasteiger partial charge in [-0.1, -0.05) is 6.07 Å². The van der Waals surface area contributed by atoms with E-state index >= 15 is 0 Å². The van der Waals surface area contributed by atoms with Gasteiger partial charge in [-0.2, -0.15) is 5.26 Å². The Bertz CT molecular complexity index is 1360. The molecule has 1 saturated heterocycles. The van der Waals surface area contributed by atoms with E-state index in [1.165, 1.54) is 24.4 Å². The van der Waals surface area contributed by atoms with Crippen LogP contribution < -0.4 is 15.0 Å². The van der Waals surface area contributed by atoms with E-state index in [-0.39, 0.29) is 30.8 Å². The molecule has 0 unspecified atom stereocenters. The monoisotopic (exact) mass is 482 g/mol. The molecule has 2 aromatic heterocycles. The van der Waals surface area contributed by atoms with Gasteiger partial charge in [-0.3, -0.25) is 0 Å². The molecule has 0 amide bonds. The number of aromatic hydroxyl groups is 1. The Labute approximate surface area is 199 Å². The molecule has 2 N–H and O–H groups in total. The molecule has 0 bridgehead atoms. The summed E-state index contributed by atoms with van der Waals surface area (Å²) in [5.74, 6) is -0.810. The van der Waals surface area contributed by atoms with Crippen LogP contribution in [-0.4, -0.2) is 51.4 Å². The van der Waals surface area contributed by atoms with Crippen molar-refractivity contribution in [3.8, 4) is 29.0 Å². The van der Waals surface area contributed by atoms with E-state index in [1.54, 1.807) is 18.7 Å². The lowest BCUT2D eigenvalue weighted by Gasteiger charge is -2.43. The van der Waals surface area contributed by atoms with Gasteiger partial charge < -0.3 is 20.1 Å². The molecule has 0 aliphatic carbocycles. The number of phenols is 1. The molecule has 2 atom stereocenters. The predicted molar refractivity (Wildman–Crippen MR) is 121 cm³/mol. The standard InChI is InChI=1S/C24H21F3N6O2/c1-12-13(2)22(29-9-14(12)8-28)35-15-7-24(23(26)27)11-30-21-19(33(24)10-15)6-18(31-32-21)16-4-3-5-17(25)20(16)34/h3-6,9,15,23,34H,7,10-11H2,1-2H3,(H,30,32)/t15-,24-/m1/s1. The van der Waals surface area contributed by atoms with Crippen LogP contribution in [0.1, 0.15) is 23.1 Å². The van der Waals surface area contributed by atoms with Crippen molar-refractivity contribution in [3.05, 3.63) is 53.0 Å². The number of alkyl halides is 2. The minimum Gasteiger partial charge on any atom is -0.504 e. The average Bonchev–Trinajstić information content (AvgIpc) is 3.24. The number of phenolic OH excluding ortho intramolecular Hbond substituents is 1. The van der Waals surface area contributed by atoms with Gasteiger partial charge >= 0.3 is 0 Å². The summed E-state index contributed by atoms with van der Waals surface area (Å²) in [6.45, 7) is 3.60. The maximum atomic E-state index is 14.5. The van der Waals surface area contributed by atoms with Crippen molar-refractivity contribution in [1.29, 1.82) is 5.26 Å². The fourth-order valence-electron chi connectivity index (χ4n) is 4.70. The van der Waals surface area contributed by atoms with Crippen LogP contribution in [0.5, 0.6) is 11.6 Å². The zero-order valence-corrected chi connectivity index (χ0v) is 18.9. The van der Waals surface area contributed by atoms with Crippen molar-refractivity contribution in [1.82, 2.24) is 15.2 Å². The molecule has 0 saturated carbocycles. The van der Waals surface area contributed by atoms with Gasteiger partial charge in [0.15, 0.2) is 17.4 Å². The number of hydrogen-bond acceptors (Lipinski definition) is 8. The van der Waals surface area contributed by atoms with Gasteiger partial charge in [-0.15, -0.1) is 10.2 Å². The van der Waals surface area contributed by atoms with E-state index < -0.39 is 29.6 Å². The number of fused-ring (bicyclic) bond motifs is 3. The molecule has 35 heavy (non-hydrogen) atoms. The first-order valence-electron chi connectivity index (χ1n) is 10.9. The third-order valence-electron chi connectivity index (χ3n) is 6.80. The second kappa shape index (κ2) is 8.30. The fourth-order valence-corrected chi connectivity index (χ4v) is 4.70. The van der Waals surface area contributed by atoms with Crippen molar-refractivity contribution in [2.24, 2.45) is 0 Å². The normalized spacial score (nSPS) is 20.7. The van der Waals surface area contributed by atoms with Crippen molar-refractivity contribution in [2.45, 2.75) is 38.3 Å². The third-order valence-corrected chi connectivity index (χ3v) is 6.80. The molecule has 180 valence electrons. The smallest absolute Gasteiger partial charge is 0.263 e. The largest absolute Gasteiger partial charge is 0.504 e. The lowest BCUT2D eigenvalue weighted by Crippen LogP contribution is -2.57. The Balaban J connectivity index is 1.51. The number of pyridine rings is 1. The van der Waals surface area contributed by atoms with E-state index in [4.69, 9.17) is 4.74 Å². The lowest BCUT2D eigenvalue weighted by atomic mass is 9.93. The van der Waals surface area contributed by atoms with E-state index in [1.807, 2.05) is 0 Å². The molecular formula is C24H21F3N6O2. The van der Waals surface area contributed by atoms with Crippen molar-refractivity contribution in [3.63, 3.8) is 0 Å². The summed E-state index contributed by atoms with van der Waals surface area (Å²) in [5.41, 5.74) is 0.861. The number of hydrogen-bond donors (Lipinski definition) is 2. The Morgan fingerprint density at radius 1 is 1.29 bits per heavy atom. The Hall–Kier alpha value is -4.07. The number of halogens is 3. The van der Waals surface area contributed by atoms with Gasteiger partial charge in [0.05, 0.1) is 23.5 Å². The van der Waals surface area contributed by atoms with E-state index in [0.717, 1.165) is 11.6 Å². The zero-order valence-electron chi connectivity index (χ0n) is 18.9. The van der Waals surface area contributed by atoms with Crippen molar-refractivity contribution >= 4 is 11.5 Å². The van der Waals surface area contributed by atoms with E-state index in [9.17, 15) is 23.5 Å². The number of benzene rings is 1. The molecule has 2 aliphatic heterocycles. The summed E-state index contributed by atoms with van der Waals surface area (Å²) in [5, 5.41) is 30.4. The Kier molecular flexibility index (Phi) is 5.39. The predicted octanol–water partition coefficient (Wildman–Crippen LogP) is 3.96. The zero-order chi connectivity index (χ0) is 24.9. The van der Waals surface area contributed by atoms with Crippen LogP contribution in [0.4, 0.5) is 24.7 Å². The molecule has 4 heterocycles. The molecule has 2 aliphatic rings. The number of nitriles is 1. The Morgan fingerprint density at radius 2 is 2.09 bits per heavy atom.